The van der Waals surface area contributed by atoms with Crippen LogP contribution < -0.4 is 10.2 Å². The first-order valence-electron chi connectivity index (χ1n) is 8.49. The van der Waals surface area contributed by atoms with Crippen LogP contribution in [-0.2, 0) is 11.8 Å². The molecular weight excluding hydrogens is 396 g/mol. The van der Waals surface area contributed by atoms with Gasteiger partial charge in [-0.15, -0.1) is 11.3 Å². The van der Waals surface area contributed by atoms with E-state index in [0.29, 0.717) is 26.7 Å². The number of hydrogen-bond acceptors (Lipinski definition) is 6. The van der Waals surface area contributed by atoms with Crippen molar-refractivity contribution in [2.75, 3.05) is 12.4 Å². The molecule has 0 aliphatic rings. The molecule has 1 amide bonds. The first-order chi connectivity index (χ1) is 13.2. The van der Waals surface area contributed by atoms with Gasteiger partial charge in [-0.3, -0.25) is 9.59 Å². The van der Waals surface area contributed by atoms with Gasteiger partial charge in [-0.05, 0) is 31.9 Å². The number of aryl methyl sites for hydroxylation is 2. The molecule has 1 aromatic carbocycles. The Kier molecular flexibility index (Phi) is 5.53. The fourth-order valence-electron chi connectivity index (χ4n) is 2.87. The highest BCUT2D eigenvalue weighted by Gasteiger charge is 2.25. The van der Waals surface area contributed by atoms with Crippen LogP contribution in [0.15, 0.2) is 28.4 Å². The molecule has 3 rings (SSSR count). The van der Waals surface area contributed by atoms with Crippen molar-refractivity contribution < 1.29 is 14.3 Å². The highest BCUT2D eigenvalue weighted by Crippen LogP contribution is 2.38. The SMILES string of the molecule is COC(=O)c1c(-c2cc(C)ccc2C)csc1NC(=O)c1sc(=O)n(C)c1C. The standard InChI is InChI=1S/C20H20N2O4S2/c1-10-6-7-11(2)13(8-10)14-9-27-18(15(14)19(24)26-5)21-17(23)16-12(3)22(4)20(25)28-16/h6-9H,1-5H3,(H,21,23). The van der Waals surface area contributed by atoms with E-state index in [1.807, 2.05) is 37.4 Å². The van der Waals surface area contributed by atoms with Gasteiger partial charge in [-0.1, -0.05) is 35.1 Å². The molecule has 3 aromatic rings. The second kappa shape index (κ2) is 7.73. The molecule has 0 saturated heterocycles. The number of thiophene rings is 1. The third-order valence-electron chi connectivity index (χ3n) is 4.59. The number of hydrogen-bond donors (Lipinski definition) is 1. The van der Waals surface area contributed by atoms with Crippen molar-refractivity contribution in [2.24, 2.45) is 7.05 Å². The van der Waals surface area contributed by atoms with E-state index in [4.69, 9.17) is 4.74 Å². The quantitative estimate of drug-likeness (QED) is 0.649. The Hall–Kier alpha value is -2.71. The molecule has 0 saturated carbocycles. The van der Waals surface area contributed by atoms with Crippen LogP contribution in [0.25, 0.3) is 11.1 Å². The normalized spacial score (nSPS) is 10.8. The summed E-state index contributed by atoms with van der Waals surface area (Å²) in [4.78, 5) is 37.2. The first-order valence-corrected chi connectivity index (χ1v) is 10.2. The molecule has 0 fully saturated rings. The fraction of sp³-hybridized carbons (Fsp3) is 0.250. The molecule has 0 spiro atoms. The number of carbonyl (C=O) groups is 2. The summed E-state index contributed by atoms with van der Waals surface area (Å²) >= 11 is 2.14. The minimum atomic E-state index is -0.523. The number of ether oxygens (including phenoxy) is 1. The molecule has 28 heavy (non-hydrogen) atoms. The number of benzene rings is 1. The number of amides is 1. The molecule has 0 unspecified atom stereocenters. The highest BCUT2D eigenvalue weighted by atomic mass is 32.1. The Morgan fingerprint density at radius 2 is 1.86 bits per heavy atom. The van der Waals surface area contributed by atoms with Gasteiger partial charge in [-0.25, -0.2) is 4.79 Å². The van der Waals surface area contributed by atoms with Crippen LogP contribution in [0.5, 0.6) is 0 Å². The predicted molar refractivity (Wildman–Crippen MR) is 113 cm³/mol. The minimum Gasteiger partial charge on any atom is -0.465 e. The zero-order valence-corrected chi connectivity index (χ0v) is 17.8. The van der Waals surface area contributed by atoms with Crippen LogP contribution in [0, 0.1) is 20.8 Å². The summed E-state index contributed by atoms with van der Waals surface area (Å²) in [6.45, 7) is 5.66. The number of anilines is 1. The van der Waals surface area contributed by atoms with Gasteiger partial charge < -0.3 is 14.6 Å². The number of nitrogens with one attached hydrogen (secondary N) is 1. The molecular formula is C20H20N2O4S2. The zero-order chi connectivity index (χ0) is 20.6. The average Bonchev–Trinajstić information content (AvgIpc) is 3.19. The van der Waals surface area contributed by atoms with E-state index in [1.165, 1.54) is 23.0 Å². The molecule has 146 valence electrons. The number of nitrogens with zero attached hydrogens (tertiary/aromatic N) is 1. The molecule has 0 bridgehead atoms. The molecule has 0 aliphatic carbocycles. The second-order valence-corrected chi connectivity index (χ2v) is 8.30. The molecule has 1 N–H and O–H groups in total. The summed E-state index contributed by atoms with van der Waals surface area (Å²) in [6, 6.07) is 6.00. The number of methoxy groups -OCH3 is 1. The van der Waals surface area contributed by atoms with Crippen molar-refractivity contribution in [1.29, 1.82) is 0 Å². The summed E-state index contributed by atoms with van der Waals surface area (Å²) in [6.07, 6.45) is 0. The lowest BCUT2D eigenvalue weighted by molar-refractivity contribution is 0.0603. The number of rotatable bonds is 4. The van der Waals surface area contributed by atoms with Crippen LogP contribution in [0.3, 0.4) is 0 Å². The number of carbonyl (C=O) groups excluding carboxylic acids is 2. The summed E-state index contributed by atoms with van der Waals surface area (Å²) in [7, 11) is 2.93. The lowest BCUT2D eigenvalue weighted by Crippen LogP contribution is -2.14. The van der Waals surface area contributed by atoms with Crippen molar-refractivity contribution in [2.45, 2.75) is 20.8 Å². The second-order valence-electron chi connectivity index (χ2n) is 6.46. The lowest BCUT2D eigenvalue weighted by atomic mass is 9.97. The van der Waals surface area contributed by atoms with Crippen LogP contribution in [0.4, 0.5) is 5.00 Å². The van der Waals surface area contributed by atoms with Gasteiger partial charge in [0, 0.05) is 23.7 Å². The van der Waals surface area contributed by atoms with E-state index in [2.05, 4.69) is 5.32 Å². The Morgan fingerprint density at radius 3 is 2.46 bits per heavy atom. The summed E-state index contributed by atoms with van der Waals surface area (Å²) in [5.74, 6) is -0.940. The van der Waals surface area contributed by atoms with Gasteiger partial charge >= 0.3 is 10.8 Å². The van der Waals surface area contributed by atoms with E-state index < -0.39 is 11.9 Å². The molecule has 6 nitrogen and oxygen atoms in total. The highest BCUT2D eigenvalue weighted by molar-refractivity contribution is 7.15. The van der Waals surface area contributed by atoms with Crippen LogP contribution >= 0.6 is 22.7 Å². The Balaban J connectivity index is 2.07. The van der Waals surface area contributed by atoms with E-state index in [0.717, 1.165) is 28.0 Å². The Bertz CT molecular complexity index is 1140. The summed E-state index contributed by atoms with van der Waals surface area (Å²) < 4.78 is 6.39. The van der Waals surface area contributed by atoms with Gasteiger partial charge in [-0.2, -0.15) is 0 Å². The third kappa shape index (κ3) is 3.53. The summed E-state index contributed by atoms with van der Waals surface area (Å²) in [5, 5.41) is 5.02. The molecule has 8 heteroatoms. The lowest BCUT2D eigenvalue weighted by Gasteiger charge is -2.10. The van der Waals surface area contributed by atoms with Crippen molar-refractivity contribution in [3.8, 4) is 11.1 Å². The van der Waals surface area contributed by atoms with E-state index in [-0.39, 0.29) is 4.87 Å². The molecule has 0 atom stereocenters. The van der Waals surface area contributed by atoms with Gasteiger partial charge in [0.2, 0.25) is 0 Å². The maximum absolute atomic E-state index is 12.7. The molecule has 2 heterocycles. The Morgan fingerprint density at radius 1 is 1.14 bits per heavy atom. The molecule has 0 aliphatic heterocycles. The first kappa shape index (κ1) is 20.0. The van der Waals surface area contributed by atoms with Crippen molar-refractivity contribution in [3.63, 3.8) is 0 Å². The topological polar surface area (TPSA) is 77.4 Å². The van der Waals surface area contributed by atoms with Crippen LogP contribution in [0.1, 0.15) is 36.9 Å². The smallest absolute Gasteiger partial charge is 0.341 e. The number of thiazole rings is 1. The van der Waals surface area contributed by atoms with Crippen LogP contribution in [0.2, 0.25) is 0 Å². The van der Waals surface area contributed by atoms with Gasteiger partial charge in [0.15, 0.2) is 0 Å². The summed E-state index contributed by atoms with van der Waals surface area (Å²) in [5.41, 5.74) is 4.61. The van der Waals surface area contributed by atoms with Crippen molar-refractivity contribution >= 4 is 39.6 Å². The van der Waals surface area contributed by atoms with Gasteiger partial charge in [0.25, 0.3) is 5.91 Å². The van der Waals surface area contributed by atoms with Gasteiger partial charge in [0.1, 0.15) is 15.4 Å². The average molecular weight is 417 g/mol. The van der Waals surface area contributed by atoms with Gasteiger partial charge in [0.05, 0.1) is 7.11 Å². The monoisotopic (exact) mass is 416 g/mol. The molecule has 0 radical (unpaired) electrons. The number of esters is 1. The Labute approximate surface area is 170 Å². The molecule has 2 aromatic heterocycles. The van der Waals surface area contributed by atoms with E-state index in [9.17, 15) is 14.4 Å². The fourth-order valence-corrected chi connectivity index (χ4v) is 4.69. The largest absolute Gasteiger partial charge is 0.465 e. The zero-order valence-electron chi connectivity index (χ0n) is 16.2. The van der Waals surface area contributed by atoms with E-state index in [1.54, 1.807) is 14.0 Å². The van der Waals surface area contributed by atoms with Crippen molar-refractivity contribution in [3.05, 3.63) is 60.5 Å². The van der Waals surface area contributed by atoms with Crippen LogP contribution in [-0.4, -0.2) is 23.6 Å². The maximum Gasteiger partial charge on any atom is 0.341 e. The number of aromatic nitrogens is 1. The third-order valence-corrected chi connectivity index (χ3v) is 6.62. The van der Waals surface area contributed by atoms with Crippen molar-refractivity contribution in [1.82, 2.24) is 4.57 Å². The maximum atomic E-state index is 12.7. The minimum absolute atomic E-state index is 0.210. The van der Waals surface area contributed by atoms with E-state index >= 15 is 0 Å². The predicted octanol–water partition coefficient (Wildman–Crippen LogP) is 4.14.